The molecule has 134 valence electrons. The second kappa shape index (κ2) is 10.3. The summed E-state index contributed by atoms with van der Waals surface area (Å²) in [6, 6.07) is 12.3. The molecule has 3 N–H and O–H groups in total. The molecule has 0 aliphatic carbocycles. The number of pyridine rings is 1. The molecule has 0 aliphatic rings. The molecule has 1 aromatic carbocycles. The van der Waals surface area contributed by atoms with Crippen molar-refractivity contribution in [3.8, 4) is 5.88 Å². The van der Waals surface area contributed by atoms with E-state index in [9.17, 15) is 9.90 Å². The lowest BCUT2D eigenvalue weighted by atomic mass is 10.1. The van der Waals surface area contributed by atoms with Crippen molar-refractivity contribution < 1.29 is 19.4 Å². The van der Waals surface area contributed by atoms with Crippen molar-refractivity contribution in [2.45, 2.75) is 12.5 Å². The van der Waals surface area contributed by atoms with Crippen molar-refractivity contribution in [3.63, 3.8) is 0 Å². The van der Waals surface area contributed by atoms with Crippen LogP contribution >= 0.6 is 0 Å². The summed E-state index contributed by atoms with van der Waals surface area (Å²) in [7, 11) is 1.60. The molecule has 7 nitrogen and oxygen atoms in total. The first-order valence-corrected chi connectivity index (χ1v) is 8.01. The first-order valence-electron chi connectivity index (χ1n) is 8.01. The Labute approximate surface area is 147 Å². The van der Waals surface area contributed by atoms with Crippen LogP contribution in [0.3, 0.4) is 0 Å². The van der Waals surface area contributed by atoms with Crippen LogP contribution in [-0.4, -0.2) is 49.1 Å². The molecule has 1 atom stereocenters. The van der Waals surface area contributed by atoms with Gasteiger partial charge in [-0.15, -0.1) is 0 Å². The van der Waals surface area contributed by atoms with Crippen molar-refractivity contribution in [3.05, 3.63) is 54.2 Å². The maximum atomic E-state index is 12.1. The van der Waals surface area contributed by atoms with Crippen molar-refractivity contribution >= 4 is 11.7 Å². The second-order valence-electron chi connectivity index (χ2n) is 5.39. The highest BCUT2D eigenvalue weighted by Gasteiger charge is 2.12. The number of rotatable bonds is 9. The van der Waals surface area contributed by atoms with E-state index in [1.54, 1.807) is 19.2 Å². The molecule has 0 saturated heterocycles. The number of anilines is 1. The normalized spacial score (nSPS) is 11.6. The number of methoxy groups -OCH3 is 1. The first-order chi connectivity index (χ1) is 12.2. The van der Waals surface area contributed by atoms with Gasteiger partial charge in [0.05, 0.1) is 31.1 Å². The minimum Gasteiger partial charge on any atom is -0.475 e. The summed E-state index contributed by atoms with van der Waals surface area (Å²) in [5.74, 6) is 0.459. The van der Waals surface area contributed by atoms with Gasteiger partial charge in [0.2, 0.25) is 5.88 Å². The number of amides is 2. The topological polar surface area (TPSA) is 92.7 Å². The summed E-state index contributed by atoms with van der Waals surface area (Å²) in [6.07, 6.45) is 2.06. The average molecular weight is 345 g/mol. The Hall–Kier alpha value is -2.64. The fourth-order valence-electron chi connectivity index (χ4n) is 2.18. The maximum absolute atomic E-state index is 12.1. The number of aliphatic hydroxyl groups is 1. The molecule has 0 spiro atoms. The van der Waals surface area contributed by atoms with Crippen molar-refractivity contribution in [1.82, 2.24) is 10.3 Å². The molecule has 7 heteroatoms. The molecule has 2 aromatic rings. The van der Waals surface area contributed by atoms with Gasteiger partial charge in [0.1, 0.15) is 6.61 Å². The smallest absolute Gasteiger partial charge is 0.319 e. The van der Waals surface area contributed by atoms with Gasteiger partial charge in [-0.05, 0) is 18.1 Å². The zero-order chi connectivity index (χ0) is 17.9. The number of urea groups is 1. The Bertz CT molecular complexity index is 635. The van der Waals surface area contributed by atoms with E-state index in [1.165, 1.54) is 6.20 Å². The lowest BCUT2D eigenvalue weighted by molar-refractivity contribution is 0.144. The number of hydrogen-bond donors (Lipinski definition) is 3. The molecule has 0 radical (unpaired) electrons. The fraction of sp³-hybridized carbons (Fsp3) is 0.333. The van der Waals surface area contributed by atoms with Gasteiger partial charge in [0, 0.05) is 13.2 Å². The number of hydrogen-bond acceptors (Lipinski definition) is 5. The van der Waals surface area contributed by atoms with Crippen LogP contribution in [0.5, 0.6) is 5.88 Å². The quantitative estimate of drug-likeness (QED) is 0.603. The average Bonchev–Trinajstić information content (AvgIpc) is 2.63. The van der Waals surface area contributed by atoms with Gasteiger partial charge in [-0.2, -0.15) is 0 Å². The number of benzene rings is 1. The summed E-state index contributed by atoms with van der Waals surface area (Å²) in [6.45, 7) is 0.745. The molecular formula is C18H23N3O4. The van der Waals surface area contributed by atoms with E-state index in [0.717, 1.165) is 5.56 Å². The Morgan fingerprint density at radius 2 is 2.00 bits per heavy atom. The highest BCUT2D eigenvalue weighted by atomic mass is 16.5. The number of aromatic nitrogens is 1. The summed E-state index contributed by atoms with van der Waals surface area (Å²) >= 11 is 0. The van der Waals surface area contributed by atoms with Crippen LogP contribution < -0.4 is 15.4 Å². The van der Waals surface area contributed by atoms with Crippen LogP contribution in [0.2, 0.25) is 0 Å². The predicted molar refractivity (Wildman–Crippen MR) is 94.8 cm³/mol. The lowest BCUT2D eigenvalue weighted by Crippen LogP contribution is -2.41. The van der Waals surface area contributed by atoms with E-state index < -0.39 is 6.03 Å². The van der Waals surface area contributed by atoms with Crippen LogP contribution in [0.15, 0.2) is 48.7 Å². The first kappa shape index (κ1) is 18.7. The van der Waals surface area contributed by atoms with Gasteiger partial charge in [-0.25, -0.2) is 9.78 Å². The SMILES string of the molecule is COCCOc1ccc(NC(=O)N[C@H](CO)Cc2ccccc2)cn1. The number of ether oxygens (including phenoxy) is 2. The van der Waals surface area contributed by atoms with Gasteiger partial charge in [-0.3, -0.25) is 0 Å². The summed E-state index contributed by atoms with van der Waals surface area (Å²) < 4.78 is 10.2. The number of nitrogens with zero attached hydrogens (tertiary/aromatic N) is 1. The van der Waals surface area contributed by atoms with E-state index >= 15 is 0 Å². The van der Waals surface area contributed by atoms with Gasteiger partial charge in [-0.1, -0.05) is 30.3 Å². The van der Waals surface area contributed by atoms with Crippen molar-refractivity contribution in [1.29, 1.82) is 0 Å². The predicted octanol–water partition coefficient (Wildman–Crippen LogP) is 1.83. The van der Waals surface area contributed by atoms with Crippen LogP contribution in [0.4, 0.5) is 10.5 Å². The largest absolute Gasteiger partial charge is 0.475 e. The molecule has 0 aliphatic heterocycles. The summed E-state index contributed by atoms with van der Waals surface area (Å²) in [4.78, 5) is 16.2. The molecule has 1 heterocycles. The Morgan fingerprint density at radius 1 is 1.20 bits per heavy atom. The van der Waals surface area contributed by atoms with Crippen LogP contribution in [0.25, 0.3) is 0 Å². The summed E-state index contributed by atoms with van der Waals surface area (Å²) in [5, 5.41) is 14.9. The second-order valence-corrected chi connectivity index (χ2v) is 5.39. The molecule has 0 saturated carbocycles. The Kier molecular flexibility index (Phi) is 7.68. The summed E-state index contributed by atoms with van der Waals surface area (Å²) in [5.41, 5.74) is 1.58. The maximum Gasteiger partial charge on any atom is 0.319 e. The number of carbonyl (C=O) groups excluding carboxylic acids is 1. The van der Waals surface area contributed by atoms with Crippen molar-refractivity contribution in [2.24, 2.45) is 0 Å². The molecular weight excluding hydrogens is 322 g/mol. The molecule has 2 amide bonds. The molecule has 1 aromatic heterocycles. The Balaban J connectivity index is 1.82. The number of nitrogens with one attached hydrogen (secondary N) is 2. The molecule has 0 bridgehead atoms. The van der Waals surface area contributed by atoms with Crippen molar-refractivity contribution in [2.75, 3.05) is 32.2 Å². The molecule has 0 unspecified atom stereocenters. The zero-order valence-electron chi connectivity index (χ0n) is 14.1. The minimum absolute atomic E-state index is 0.146. The number of carbonyl (C=O) groups is 1. The van der Waals surface area contributed by atoms with Gasteiger partial charge >= 0.3 is 6.03 Å². The van der Waals surface area contributed by atoms with Crippen LogP contribution in [0.1, 0.15) is 5.56 Å². The van der Waals surface area contributed by atoms with Gasteiger partial charge < -0.3 is 25.2 Å². The molecule has 2 rings (SSSR count). The Morgan fingerprint density at radius 3 is 2.64 bits per heavy atom. The zero-order valence-corrected chi connectivity index (χ0v) is 14.1. The van der Waals surface area contributed by atoms with E-state index in [2.05, 4.69) is 15.6 Å². The van der Waals surface area contributed by atoms with Gasteiger partial charge in [0.15, 0.2) is 0 Å². The van der Waals surface area contributed by atoms with Crippen LogP contribution in [0, 0.1) is 0 Å². The third-order valence-electron chi connectivity index (χ3n) is 3.41. The van der Waals surface area contributed by atoms with E-state index in [4.69, 9.17) is 9.47 Å². The minimum atomic E-state index is -0.398. The van der Waals surface area contributed by atoms with E-state index in [0.29, 0.717) is 31.2 Å². The number of aliphatic hydroxyl groups excluding tert-OH is 1. The van der Waals surface area contributed by atoms with Crippen LogP contribution in [-0.2, 0) is 11.2 Å². The molecule has 25 heavy (non-hydrogen) atoms. The van der Waals surface area contributed by atoms with E-state index in [-0.39, 0.29) is 12.6 Å². The highest BCUT2D eigenvalue weighted by molar-refractivity contribution is 5.89. The fourth-order valence-corrected chi connectivity index (χ4v) is 2.18. The van der Waals surface area contributed by atoms with Gasteiger partial charge in [0.25, 0.3) is 0 Å². The third kappa shape index (κ3) is 6.78. The lowest BCUT2D eigenvalue weighted by Gasteiger charge is -2.17. The highest BCUT2D eigenvalue weighted by Crippen LogP contribution is 2.11. The van der Waals surface area contributed by atoms with E-state index in [1.807, 2.05) is 30.3 Å². The monoisotopic (exact) mass is 345 g/mol. The standard InChI is InChI=1S/C18H23N3O4/c1-24-9-10-25-17-8-7-15(12-19-17)20-18(23)21-16(13-22)11-14-5-3-2-4-6-14/h2-8,12,16,22H,9-11,13H2,1H3,(H2,20,21,23)/t16-/m0/s1. The molecule has 0 fully saturated rings. The third-order valence-corrected chi connectivity index (χ3v) is 3.41.